The summed E-state index contributed by atoms with van der Waals surface area (Å²) in [5.74, 6) is 1.09. The third-order valence-electron chi connectivity index (χ3n) is 5.32. The Morgan fingerprint density at radius 3 is 2.15 bits per heavy atom. The van der Waals surface area contributed by atoms with Gasteiger partial charge in [0, 0.05) is 39.1 Å². The first kappa shape index (κ1) is 25.9. The van der Waals surface area contributed by atoms with Gasteiger partial charge in [0.25, 0.3) is 0 Å². The largest absolute Gasteiger partial charge is 0.373 e. The lowest BCUT2D eigenvalue weighted by molar-refractivity contribution is -0.133. The van der Waals surface area contributed by atoms with Crippen LogP contribution in [0.1, 0.15) is 58.8 Å². The number of nitrogens with two attached hydrogens (primary N) is 1. The minimum atomic E-state index is 0. The normalized spacial score (nSPS) is 24.7. The molecule has 0 aliphatic carbocycles. The molecule has 2 N–H and O–H groups in total. The molecule has 0 spiro atoms. The zero-order valence-corrected chi connectivity index (χ0v) is 18.2. The van der Waals surface area contributed by atoms with Crippen LogP contribution < -0.4 is 5.73 Å². The Hall–Kier alpha value is -0.0700. The molecule has 2 aliphatic rings. The van der Waals surface area contributed by atoms with E-state index in [1.54, 1.807) is 0 Å². The lowest BCUT2D eigenvalue weighted by Gasteiger charge is -2.39. The molecule has 0 aromatic carbocycles. The number of amides is 1. The minimum absolute atomic E-state index is 0. The summed E-state index contributed by atoms with van der Waals surface area (Å²) in [6.07, 6.45) is 8.09. The molecule has 0 aromatic heterocycles. The maximum absolute atomic E-state index is 12.3. The molecule has 0 saturated carbocycles. The van der Waals surface area contributed by atoms with Gasteiger partial charge in [0.15, 0.2) is 0 Å². The third-order valence-corrected chi connectivity index (χ3v) is 5.32. The fourth-order valence-electron chi connectivity index (χ4n) is 4.10. The molecule has 2 unspecified atom stereocenters. The van der Waals surface area contributed by atoms with Gasteiger partial charge in [-0.1, -0.05) is 12.8 Å². The first-order valence-electron chi connectivity index (χ1n) is 9.94. The summed E-state index contributed by atoms with van der Waals surface area (Å²) >= 11 is 0. The van der Waals surface area contributed by atoms with E-state index < -0.39 is 0 Å². The quantitative estimate of drug-likeness (QED) is 0.623. The Bertz CT molecular complexity index is 370. The van der Waals surface area contributed by atoms with Crippen LogP contribution >= 0.6 is 24.8 Å². The van der Waals surface area contributed by atoms with Gasteiger partial charge < -0.3 is 15.4 Å². The first-order chi connectivity index (χ1) is 11.6. The second kappa shape index (κ2) is 14.0. The second-order valence-electron chi connectivity index (χ2n) is 7.75. The van der Waals surface area contributed by atoms with E-state index in [1.807, 2.05) is 0 Å². The van der Waals surface area contributed by atoms with E-state index in [-0.39, 0.29) is 24.8 Å². The molecule has 2 heterocycles. The summed E-state index contributed by atoms with van der Waals surface area (Å²) in [6, 6.07) is 0. The van der Waals surface area contributed by atoms with Crippen molar-refractivity contribution < 1.29 is 9.53 Å². The monoisotopic (exact) mass is 411 g/mol. The molecule has 0 radical (unpaired) electrons. The predicted molar refractivity (Wildman–Crippen MR) is 112 cm³/mol. The number of carbonyl (C=O) groups excluding carboxylic acids is 1. The maximum atomic E-state index is 12.3. The van der Waals surface area contributed by atoms with Gasteiger partial charge in [-0.05, 0) is 52.0 Å². The number of likely N-dealkylation sites (tertiary alicyclic amines) is 1. The van der Waals surface area contributed by atoms with Crippen molar-refractivity contribution >= 4 is 30.7 Å². The zero-order chi connectivity index (χ0) is 17.4. The molecular formula is C19H39Cl2N3O2. The van der Waals surface area contributed by atoms with Crippen molar-refractivity contribution in [2.75, 3.05) is 39.3 Å². The minimum Gasteiger partial charge on any atom is -0.373 e. The van der Waals surface area contributed by atoms with E-state index in [9.17, 15) is 4.79 Å². The summed E-state index contributed by atoms with van der Waals surface area (Å²) < 4.78 is 5.81. The SMILES string of the molecule is CC1CN(CC2CCN(C(=O)CCCCCCN)CC2)CC(C)O1.Cl.Cl. The lowest BCUT2D eigenvalue weighted by atomic mass is 9.95. The van der Waals surface area contributed by atoms with Crippen molar-refractivity contribution in [1.82, 2.24) is 9.80 Å². The van der Waals surface area contributed by atoms with E-state index >= 15 is 0 Å². The molecule has 1 amide bonds. The molecule has 2 fully saturated rings. The molecule has 0 bridgehead atoms. The van der Waals surface area contributed by atoms with Gasteiger partial charge in [0.2, 0.25) is 5.91 Å². The Balaban J connectivity index is 0.00000312. The average Bonchev–Trinajstić information content (AvgIpc) is 2.54. The molecule has 0 aromatic rings. The van der Waals surface area contributed by atoms with Crippen molar-refractivity contribution in [3.63, 3.8) is 0 Å². The molecule has 2 rings (SSSR count). The third kappa shape index (κ3) is 9.23. The maximum Gasteiger partial charge on any atom is 0.222 e. The van der Waals surface area contributed by atoms with Gasteiger partial charge in [-0.2, -0.15) is 0 Å². The zero-order valence-electron chi connectivity index (χ0n) is 16.5. The first-order valence-corrected chi connectivity index (χ1v) is 9.94. The smallest absolute Gasteiger partial charge is 0.222 e. The van der Waals surface area contributed by atoms with Gasteiger partial charge in [0.05, 0.1) is 12.2 Å². The van der Waals surface area contributed by atoms with Crippen molar-refractivity contribution in [3.8, 4) is 0 Å². The highest BCUT2D eigenvalue weighted by Crippen LogP contribution is 2.21. The number of hydrogen-bond acceptors (Lipinski definition) is 4. The van der Waals surface area contributed by atoms with E-state index in [0.29, 0.717) is 24.5 Å². The molecule has 7 heteroatoms. The highest BCUT2D eigenvalue weighted by atomic mass is 35.5. The van der Waals surface area contributed by atoms with E-state index in [4.69, 9.17) is 10.5 Å². The Morgan fingerprint density at radius 1 is 1.00 bits per heavy atom. The van der Waals surface area contributed by atoms with E-state index in [1.165, 1.54) is 6.54 Å². The molecule has 156 valence electrons. The Labute approximate surface area is 172 Å². The Morgan fingerprint density at radius 2 is 1.58 bits per heavy atom. The van der Waals surface area contributed by atoms with Crippen molar-refractivity contribution in [2.45, 2.75) is 71.0 Å². The van der Waals surface area contributed by atoms with Crippen molar-refractivity contribution in [3.05, 3.63) is 0 Å². The topological polar surface area (TPSA) is 58.8 Å². The van der Waals surface area contributed by atoms with Crippen LogP contribution in [0.4, 0.5) is 0 Å². The fourth-order valence-corrected chi connectivity index (χ4v) is 4.10. The van der Waals surface area contributed by atoms with Crippen molar-refractivity contribution in [1.29, 1.82) is 0 Å². The van der Waals surface area contributed by atoms with Crippen LogP contribution in [-0.4, -0.2) is 67.2 Å². The molecular weight excluding hydrogens is 373 g/mol. The number of unbranched alkanes of at least 4 members (excludes halogenated alkanes) is 3. The van der Waals surface area contributed by atoms with Crippen molar-refractivity contribution in [2.24, 2.45) is 11.7 Å². The number of nitrogens with zero attached hydrogens (tertiary/aromatic N) is 2. The van der Waals surface area contributed by atoms with E-state index in [2.05, 4.69) is 23.6 Å². The molecule has 2 atom stereocenters. The van der Waals surface area contributed by atoms with E-state index in [0.717, 1.165) is 77.2 Å². The van der Waals surface area contributed by atoms with Crippen LogP contribution in [0.3, 0.4) is 0 Å². The van der Waals surface area contributed by atoms with Gasteiger partial charge in [0.1, 0.15) is 0 Å². The highest BCUT2D eigenvalue weighted by Gasteiger charge is 2.27. The fraction of sp³-hybridized carbons (Fsp3) is 0.947. The van der Waals surface area contributed by atoms with Gasteiger partial charge in [-0.3, -0.25) is 9.69 Å². The van der Waals surface area contributed by atoms with Crippen LogP contribution in [-0.2, 0) is 9.53 Å². The average molecular weight is 412 g/mol. The lowest BCUT2D eigenvalue weighted by Crippen LogP contribution is -2.48. The number of ether oxygens (including phenoxy) is 1. The summed E-state index contributed by atoms with van der Waals surface area (Å²) in [5, 5.41) is 0. The molecule has 2 saturated heterocycles. The summed E-state index contributed by atoms with van der Waals surface area (Å²) in [6.45, 7) is 10.2. The van der Waals surface area contributed by atoms with Crippen LogP contribution in [0.25, 0.3) is 0 Å². The number of piperidine rings is 1. The standard InChI is InChI=1S/C19H37N3O2.2ClH/c1-16-13-21(14-17(2)24-16)15-18-8-11-22(12-9-18)19(23)7-5-3-4-6-10-20;;/h16-18H,3-15,20H2,1-2H3;2*1H. The van der Waals surface area contributed by atoms with Crippen LogP contribution in [0.2, 0.25) is 0 Å². The van der Waals surface area contributed by atoms with Crippen LogP contribution in [0.15, 0.2) is 0 Å². The second-order valence-corrected chi connectivity index (χ2v) is 7.75. The van der Waals surface area contributed by atoms with Crippen LogP contribution in [0, 0.1) is 5.92 Å². The summed E-state index contributed by atoms with van der Waals surface area (Å²) in [4.78, 5) is 16.9. The number of morpholine rings is 1. The molecule has 5 nitrogen and oxygen atoms in total. The van der Waals surface area contributed by atoms with Crippen LogP contribution in [0.5, 0.6) is 0 Å². The molecule has 26 heavy (non-hydrogen) atoms. The number of hydrogen-bond donors (Lipinski definition) is 1. The van der Waals surface area contributed by atoms with Gasteiger partial charge >= 0.3 is 0 Å². The highest BCUT2D eigenvalue weighted by molar-refractivity contribution is 5.85. The number of rotatable bonds is 8. The Kier molecular flexibility index (Phi) is 14.0. The predicted octanol–water partition coefficient (Wildman–Crippen LogP) is 3.09. The van der Waals surface area contributed by atoms with Gasteiger partial charge in [-0.25, -0.2) is 0 Å². The summed E-state index contributed by atoms with van der Waals surface area (Å²) in [5.41, 5.74) is 5.50. The number of carbonyl (C=O) groups is 1. The summed E-state index contributed by atoms with van der Waals surface area (Å²) in [7, 11) is 0. The molecule has 2 aliphatic heterocycles. The van der Waals surface area contributed by atoms with Gasteiger partial charge in [-0.15, -0.1) is 24.8 Å². The number of halogens is 2.